The van der Waals surface area contributed by atoms with Gasteiger partial charge >= 0.3 is 0 Å². The van der Waals surface area contributed by atoms with Gasteiger partial charge < -0.3 is 10.6 Å². The number of nitrogens with one attached hydrogen (secondary N) is 3. The molecular weight excluding hydrogens is 354 g/mol. The molecule has 2 heterocycles. The summed E-state index contributed by atoms with van der Waals surface area (Å²) in [7, 11) is -3.81. The summed E-state index contributed by atoms with van der Waals surface area (Å²) in [6.45, 7) is 5.05. The average molecular weight is 375 g/mol. The molecule has 0 saturated heterocycles. The molecule has 1 aromatic heterocycles. The lowest BCUT2D eigenvalue weighted by atomic mass is 10.1. The molecule has 2 aromatic rings. The average Bonchev–Trinajstić information content (AvgIpc) is 2.95. The molecule has 8 nitrogen and oxygen atoms in total. The summed E-state index contributed by atoms with van der Waals surface area (Å²) in [5.41, 5.74) is 1.30. The van der Waals surface area contributed by atoms with Gasteiger partial charge in [0, 0.05) is 12.2 Å². The van der Waals surface area contributed by atoms with Crippen LogP contribution in [0.5, 0.6) is 0 Å². The molecule has 0 saturated carbocycles. The van der Waals surface area contributed by atoms with E-state index in [1.165, 1.54) is 12.1 Å². The Labute approximate surface area is 152 Å². The molecule has 0 radical (unpaired) electrons. The van der Waals surface area contributed by atoms with Crippen LogP contribution in [0.1, 0.15) is 25.8 Å². The number of anilines is 3. The molecule has 3 N–H and O–H groups in total. The number of sulfonamides is 1. The number of rotatable bonds is 7. The highest BCUT2D eigenvalue weighted by Crippen LogP contribution is 2.26. The molecule has 0 unspecified atom stereocenters. The molecule has 0 atom stereocenters. The van der Waals surface area contributed by atoms with Crippen LogP contribution in [0.15, 0.2) is 35.2 Å². The highest BCUT2D eigenvalue weighted by Gasteiger charge is 2.22. The van der Waals surface area contributed by atoms with Gasteiger partial charge in [-0.25, -0.2) is 8.42 Å². The van der Waals surface area contributed by atoms with E-state index >= 15 is 0 Å². The predicted octanol–water partition coefficient (Wildman–Crippen LogP) is 2.23. The van der Waals surface area contributed by atoms with Gasteiger partial charge in [0.15, 0.2) is 5.82 Å². The van der Waals surface area contributed by atoms with Gasteiger partial charge in [-0.1, -0.05) is 13.8 Å². The summed E-state index contributed by atoms with van der Waals surface area (Å²) in [5.74, 6) is 1.16. The molecule has 0 fully saturated rings. The molecular formula is C17H21N5O3S. The Balaban J connectivity index is 1.68. The van der Waals surface area contributed by atoms with Crippen molar-refractivity contribution in [2.75, 3.05) is 21.9 Å². The van der Waals surface area contributed by atoms with Gasteiger partial charge in [-0.05, 0) is 48.2 Å². The van der Waals surface area contributed by atoms with Crippen molar-refractivity contribution in [2.24, 2.45) is 5.92 Å². The zero-order chi connectivity index (χ0) is 18.7. The first-order valence-electron chi connectivity index (χ1n) is 8.37. The minimum atomic E-state index is -3.81. The summed E-state index contributed by atoms with van der Waals surface area (Å²) in [5, 5.41) is 13.7. The topological polar surface area (TPSA) is 113 Å². The summed E-state index contributed by atoms with van der Waals surface area (Å²) in [6, 6.07) is 7.76. The van der Waals surface area contributed by atoms with Gasteiger partial charge in [-0.15, -0.1) is 10.2 Å². The van der Waals surface area contributed by atoms with Crippen molar-refractivity contribution >= 4 is 33.3 Å². The number of aromatic nitrogens is 2. The van der Waals surface area contributed by atoms with Gasteiger partial charge in [-0.3, -0.25) is 9.52 Å². The number of hydrogen-bond acceptors (Lipinski definition) is 6. The fourth-order valence-electron chi connectivity index (χ4n) is 2.54. The third-order valence-electron chi connectivity index (χ3n) is 3.94. The molecule has 1 aliphatic rings. The Morgan fingerprint density at radius 2 is 1.88 bits per heavy atom. The van der Waals surface area contributed by atoms with Crippen LogP contribution in [0, 0.1) is 5.92 Å². The standard InChI is InChI=1S/C17H21N5O3S/c1-11(2)7-8-18-15-5-6-16(21-20-15)22-26(24,25)13-3-4-14-12(9-13)10-17(23)19-14/h3-6,9,11H,7-8,10H2,1-2H3,(H,18,20)(H,19,23)(H,21,22). The van der Waals surface area contributed by atoms with Crippen LogP contribution in [0.25, 0.3) is 0 Å². The second-order valence-electron chi connectivity index (χ2n) is 6.56. The molecule has 0 aliphatic carbocycles. The van der Waals surface area contributed by atoms with E-state index in [9.17, 15) is 13.2 Å². The van der Waals surface area contributed by atoms with Crippen LogP contribution in [0.2, 0.25) is 0 Å². The van der Waals surface area contributed by atoms with Crippen LogP contribution < -0.4 is 15.4 Å². The van der Waals surface area contributed by atoms with Crippen molar-refractivity contribution < 1.29 is 13.2 Å². The molecule has 1 amide bonds. The Kier molecular flexibility index (Phi) is 5.08. The fourth-order valence-corrected chi connectivity index (χ4v) is 3.59. The SMILES string of the molecule is CC(C)CCNc1ccc(NS(=O)(=O)c2ccc3c(c2)CC(=O)N3)nn1. The summed E-state index contributed by atoms with van der Waals surface area (Å²) < 4.78 is 27.4. The lowest BCUT2D eigenvalue weighted by molar-refractivity contribution is -0.115. The van der Waals surface area contributed by atoms with Gasteiger partial charge in [0.1, 0.15) is 5.82 Å². The van der Waals surface area contributed by atoms with Crippen LogP contribution in [0.3, 0.4) is 0 Å². The second-order valence-corrected chi connectivity index (χ2v) is 8.24. The third-order valence-corrected chi connectivity index (χ3v) is 5.30. The monoisotopic (exact) mass is 375 g/mol. The first-order chi connectivity index (χ1) is 12.3. The van der Waals surface area contributed by atoms with Crippen LogP contribution >= 0.6 is 0 Å². The van der Waals surface area contributed by atoms with Crippen LogP contribution in [-0.4, -0.2) is 31.1 Å². The van der Waals surface area contributed by atoms with E-state index in [0.29, 0.717) is 23.0 Å². The predicted molar refractivity (Wildman–Crippen MR) is 99.6 cm³/mol. The molecule has 0 spiro atoms. The first-order valence-corrected chi connectivity index (χ1v) is 9.85. The summed E-state index contributed by atoms with van der Waals surface area (Å²) in [4.78, 5) is 11.5. The quantitative estimate of drug-likeness (QED) is 0.684. The maximum absolute atomic E-state index is 12.5. The van der Waals surface area contributed by atoms with E-state index in [2.05, 4.69) is 39.4 Å². The van der Waals surface area contributed by atoms with Crippen LogP contribution in [0.4, 0.5) is 17.3 Å². The summed E-state index contributed by atoms with van der Waals surface area (Å²) >= 11 is 0. The van der Waals surface area contributed by atoms with E-state index in [1.54, 1.807) is 18.2 Å². The Hall–Kier alpha value is -2.68. The number of carbonyl (C=O) groups excluding carboxylic acids is 1. The van der Waals surface area contributed by atoms with E-state index in [4.69, 9.17) is 0 Å². The van der Waals surface area contributed by atoms with Crippen molar-refractivity contribution in [1.82, 2.24) is 10.2 Å². The molecule has 0 bridgehead atoms. The van der Waals surface area contributed by atoms with Crippen molar-refractivity contribution in [3.63, 3.8) is 0 Å². The van der Waals surface area contributed by atoms with E-state index in [1.807, 2.05) is 0 Å². The van der Waals surface area contributed by atoms with Crippen molar-refractivity contribution in [3.8, 4) is 0 Å². The van der Waals surface area contributed by atoms with Crippen molar-refractivity contribution in [2.45, 2.75) is 31.6 Å². The number of amides is 1. The minimum Gasteiger partial charge on any atom is -0.369 e. The molecule has 1 aromatic carbocycles. The lowest BCUT2D eigenvalue weighted by Crippen LogP contribution is -2.15. The third kappa shape index (κ3) is 4.29. The maximum atomic E-state index is 12.5. The van der Waals surface area contributed by atoms with E-state index < -0.39 is 10.0 Å². The first kappa shape index (κ1) is 18.1. The Bertz CT molecular complexity index is 910. The van der Waals surface area contributed by atoms with Crippen molar-refractivity contribution in [1.29, 1.82) is 0 Å². The minimum absolute atomic E-state index is 0.0775. The number of hydrogen-bond donors (Lipinski definition) is 3. The second kappa shape index (κ2) is 7.28. The van der Waals surface area contributed by atoms with E-state index in [-0.39, 0.29) is 23.0 Å². The van der Waals surface area contributed by atoms with Gasteiger partial charge in [0.05, 0.1) is 11.3 Å². The summed E-state index contributed by atoms with van der Waals surface area (Å²) in [6.07, 6.45) is 1.18. The molecule has 9 heteroatoms. The van der Waals surface area contributed by atoms with Gasteiger partial charge in [0.25, 0.3) is 10.0 Å². The Morgan fingerprint density at radius 3 is 2.58 bits per heavy atom. The lowest BCUT2D eigenvalue weighted by Gasteiger charge is -2.10. The highest BCUT2D eigenvalue weighted by molar-refractivity contribution is 7.92. The Morgan fingerprint density at radius 1 is 1.15 bits per heavy atom. The molecule has 1 aliphatic heterocycles. The van der Waals surface area contributed by atoms with E-state index in [0.717, 1.165) is 13.0 Å². The highest BCUT2D eigenvalue weighted by atomic mass is 32.2. The zero-order valence-electron chi connectivity index (χ0n) is 14.6. The number of benzene rings is 1. The van der Waals surface area contributed by atoms with Gasteiger partial charge in [0.2, 0.25) is 5.91 Å². The number of carbonyl (C=O) groups is 1. The smallest absolute Gasteiger partial charge is 0.263 e. The zero-order valence-corrected chi connectivity index (χ0v) is 15.4. The molecule has 3 rings (SSSR count). The largest absolute Gasteiger partial charge is 0.369 e. The molecule has 138 valence electrons. The van der Waals surface area contributed by atoms with Gasteiger partial charge in [-0.2, -0.15) is 0 Å². The maximum Gasteiger partial charge on any atom is 0.263 e. The van der Waals surface area contributed by atoms with Crippen molar-refractivity contribution in [3.05, 3.63) is 35.9 Å². The number of nitrogens with zero attached hydrogens (tertiary/aromatic N) is 2. The number of fused-ring (bicyclic) bond motifs is 1. The fraction of sp³-hybridized carbons (Fsp3) is 0.353. The normalized spacial score (nSPS) is 13.4. The van der Waals surface area contributed by atoms with Crippen LogP contribution in [-0.2, 0) is 21.2 Å². The molecule has 26 heavy (non-hydrogen) atoms.